The average molecular weight is 272 g/mol. The topological polar surface area (TPSA) is 66.8 Å². The number of halogens is 2. The molecule has 1 aromatic carbocycles. The molecule has 0 aliphatic heterocycles. The maximum Gasteiger partial charge on any atom is 0.303 e. The number of methoxy groups -OCH3 is 1. The Morgan fingerprint density at radius 1 is 1.53 bits per heavy atom. The molecule has 0 amide bonds. The summed E-state index contributed by atoms with van der Waals surface area (Å²) >= 11 is 0. The minimum Gasteiger partial charge on any atom is -0.504 e. The fraction of sp³-hybridized carbons (Fsp3) is 0.462. The van der Waals surface area contributed by atoms with E-state index in [0.29, 0.717) is 0 Å². The van der Waals surface area contributed by atoms with E-state index in [1.807, 2.05) is 0 Å². The van der Waals surface area contributed by atoms with Crippen molar-refractivity contribution in [2.45, 2.75) is 25.2 Å². The lowest BCUT2D eigenvalue weighted by Gasteiger charge is -2.18. The summed E-state index contributed by atoms with van der Waals surface area (Å²) in [5, 5.41) is 18.8. The predicted octanol–water partition coefficient (Wildman–Crippen LogP) is 2.65. The van der Waals surface area contributed by atoms with Gasteiger partial charge in [-0.2, -0.15) is 0 Å². The standard InChI is InChI=1S/C13H14F2O4/c1-19-9-5-8(14)12(15)11(13(9)18)7(4-10(16)17)6-2-3-6/h5-7,18H,2-4H2,1H3,(H,16,17). The van der Waals surface area contributed by atoms with E-state index in [9.17, 15) is 18.7 Å². The summed E-state index contributed by atoms with van der Waals surface area (Å²) in [7, 11) is 1.22. The lowest BCUT2D eigenvalue weighted by molar-refractivity contribution is -0.137. The Balaban J connectivity index is 2.51. The van der Waals surface area contributed by atoms with Crippen LogP contribution in [0.4, 0.5) is 8.78 Å². The van der Waals surface area contributed by atoms with Crippen LogP contribution >= 0.6 is 0 Å². The molecule has 1 fully saturated rings. The van der Waals surface area contributed by atoms with Crippen molar-refractivity contribution in [1.82, 2.24) is 0 Å². The number of phenolic OH excluding ortho intramolecular Hbond substituents is 1. The van der Waals surface area contributed by atoms with Gasteiger partial charge in [-0.3, -0.25) is 4.79 Å². The van der Waals surface area contributed by atoms with Crippen molar-refractivity contribution in [2.75, 3.05) is 7.11 Å². The molecule has 1 saturated carbocycles. The van der Waals surface area contributed by atoms with Crippen LogP contribution in [0.2, 0.25) is 0 Å². The van der Waals surface area contributed by atoms with E-state index in [4.69, 9.17) is 9.84 Å². The Kier molecular flexibility index (Phi) is 3.59. The zero-order valence-electron chi connectivity index (χ0n) is 10.3. The molecule has 6 heteroatoms. The number of hydrogen-bond acceptors (Lipinski definition) is 3. The predicted molar refractivity (Wildman–Crippen MR) is 62.3 cm³/mol. The van der Waals surface area contributed by atoms with E-state index >= 15 is 0 Å². The second-order valence-corrected chi connectivity index (χ2v) is 4.68. The molecule has 1 aliphatic rings. The van der Waals surface area contributed by atoms with Crippen molar-refractivity contribution in [1.29, 1.82) is 0 Å². The minimum absolute atomic E-state index is 0.0389. The fourth-order valence-corrected chi connectivity index (χ4v) is 2.30. The molecular formula is C13H14F2O4. The van der Waals surface area contributed by atoms with Crippen molar-refractivity contribution in [3.05, 3.63) is 23.3 Å². The van der Waals surface area contributed by atoms with E-state index in [0.717, 1.165) is 18.9 Å². The first kappa shape index (κ1) is 13.6. The molecule has 2 N–H and O–H groups in total. The summed E-state index contributed by atoms with van der Waals surface area (Å²) < 4.78 is 32.1. The van der Waals surface area contributed by atoms with E-state index in [1.165, 1.54) is 7.11 Å². The number of rotatable bonds is 5. The van der Waals surface area contributed by atoms with Gasteiger partial charge >= 0.3 is 5.97 Å². The Bertz CT molecular complexity index is 512. The van der Waals surface area contributed by atoms with Gasteiger partial charge in [0.25, 0.3) is 0 Å². The van der Waals surface area contributed by atoms with Gasteiger partial charge in [0.05, 0.1) is 13.5 Å². The lowest BCUT2D eigenvalue weighted by atomic mass is 9.89. The maximum absolute atomic E-state index is 13.9. The van der Waals surface area contributed by atoms with Gasteiger partial charge < -0.3 is 14.9 Å². The normalized spacial score (nSPS) is 16.2. The van der Waals surface area contributed by atoms with Crippen LogP contribution in [-0.2, 0) is 4.79 Å². The van der Waals surface area contributed by atoms with Gasteiger partial charge in [-0.25, -0.2) is 8.78 Å². The van der Waals surface area contributed by atoms with Crippen LogP contribution in [0.15, 0.2) is 6.07 Å². The molecule has 0 heterocycles. The lowest BCUT2D eigenvalue weighted by Crippen LogP contribution is -2.12. The van der Waals surface area contributed by atoms with Crippen LogP contribution in [0.1, 0.15) is 30.7 Å². The Morgan fingerprint density at radius 2 is 2.16 bits per heavy atom. The first-order valence-electron chi connectivity index (χ1n) is 5.92. The fourth-order valence-electron chi connectivity index (χ4n) is 2.30. The number of ether oxygens (including phenoxy) is 1. The van der Waals surface area contributed by atoms with Crippen LogP contribution in [0, 0.1) is 17.6 Å². The van der Waals surface area contributed by atoms with Crippen LogP contribution in [-0.4, -0.2) is 23.3 Å². The number of aliphatic carboxylic acids is 1. The summed E-state index contributed by atoms with van der Waals surface area (Å²) in [6.07, 6.45) is 1.15. The van der Waals surface area contributed by atoms with Crippen molar-refractivity contribution in [2.24, 2.45) is 5.92 Å². The highest BCUT2D eigenvalue weighted by Crippen LogP contribution is 2.49. The van der Waals surface area contributed by atoms with Gasteiger partial charge in [0.15, 0.2) is 23.1 Å². The van der Waals surface area contributed by atoms with Crippen molar-refractivity contribution < 1.29 is 28.5 Å². The molecule has 0 bridgehead atoms. The molecule has 4 nitrogen and oxygen atoms in total. The van der Waals surface area contributed by atoms with Gasteiger partial charge in [0, 0.05) is 17.5 Å². The monoisotopic (exact) mass is 272 g/mol. The van der Waals surface area contributed by atoms with Gasteiger partial charge in [0.1, 0.15) is 0 Å². The van der Waals surface area contributed by atoms with E-state index < -0.39 is 29.3 Å². The number of carbonyl (C=O) groups is 1. The van der Waals surface area contributed by atoms with Crippen molar-refractivity contribution in [3.63, 3.8) is 0 Å². The minimum atomic E-state index is -1.20. The highest BCUT2D eigenvalue weighted by Gasteiger charge is 2.38. The van der Waals surface area contributed by atoms with Gasteiger partial charge in [0.2, 0.25) is 0 Å². The first-order chi connectivity index (χ1) is 8.95. The molecule has 2 rings (SSSR count). The molecular weight excluding hydrogens is 258 g/mol. The summed E-state index contributed by atoms with van der Waals surface area (Å²) in [6, 6.07) is 0.749. The largest absolute Gasteiger partial charge is 0.504 e. The van der Waals surface area contributed by atoms with E-state index in [1.54, 1.807) is 0 Å². The third kappa shape index (κ3) is 2.62. The number of benzene rings is 1. The SMILES string of the molecule is COc1cc(F)c(F)c(C(CC(=O)O)C2CC2)c1O. The van der Waals surface area contributed by atoms with Crippen molar-refractivity contribution >= 4 is 5.97 Å². The van der Waals surface area contributed by atoms with Crippen LogP contribution < -0.4 is 4.74 Å². The van der Waals surface area contributed by atoms with E-state index in [-0.39, 0.29) is 23.7 Å². The quantitative estimate of drug-likeness (QED) is 0.864. The molecule has 0 spiro atoms. The Morgan fingerprint density at radius 3 is 2.63 bits per heavy atom. The second-order valence-electron chi connectivity index (χ2n) is 4.68. The van der Waals surface area contributed by atoms with E-state index in [2.05, 4.69) is 0 Å². The number of aromatic hydroxyl groups is 1. The third-order valence-electron chi connectivity index (χ3n) is 3.37. The smallest absolute Gasteiger partial charge is 0.303 e. The summed E-state index contributed by atoms with van der Waals surface area (Å²) in [4.78, 5) is 10.8. The molecule has 19 heavy (non-hydrogen) atoms. The highest BCUT2D eigenvalue weighted by atomic mass is 19.2. The number of hydrogen-bond donors (Lipinski definition) is 2. The van der Waals surface area contributed by atoms with Crippen LogP contribution in [0.3, 0.4) is 0 Å². The van der Waals surface area contributed by atoms with Gasteiger partial charge in [-0.15, -0.1) is 0 Å². The van der Waals surface area contributed by atoms with Gasteiger partial charge in [-0.05, 0) is 18.8 Å². The Labute approximate surface area is 108 Å². The van der Waals surface area contributed by atoms with Crippen molar-refractivity contribution in [3.8, 4) is 11.5 Å². The third-order valence-corrected chi connectivity index (χ3v) is 3.37. The molecule has 0 radical (unpaired) electrons. The Hall–Kier alpha value is -1.85. The average Bonchev–Trinajstić information content (AvgIpc) is 3.16. The van der Waals surface area contributed by atoms with Gasteiger partial charge in [-0.1, -0.05) is 0 Å². The molecule has 1 aliphatic carbocycles. The van der Waals surface area contributed by atoms with Crippen LogP contribution in [0.5, 0.6) is 11.5 Å². The molecule has 0 saturated heterocycles. The molecule has 1 atom stereocenters. The maximum atomic E-state index is 13.9. The molecule has 0 aromatic heterocycles. The molecule has 104 valence electrons. The zero-order valence-corrected chi connectivity index (χ0v) is 10.3. The van der Waals surface area contributed by atoms with Crippen LogP contribution in [0.25, 0.3) is 0 Å². The number of carboxylic acid groups (broad SMARTS) is 1. The zero-order chi connectivity index (χ0) is 14.2. The molecule has 1 aromatic rings. The molecule has 1 unspecified atom stereocenters. The second kappa shape index (κ2) is 5.03. The summed E-state index contributed by atoms with van der Waals surface area (Å²) in [5.41, 5.74) is -0.290. The first-order valence-corrected chi connectivity index (χ1v) is 5.92. The number of carboxylic acids is 1. The number of phenols is 1. The highest BCUT2D eigenvalue weighted by molar-refractivity contribution is 5.69. The summed E-state index contributed by atoms with van der Waals surface area (Å²) in [6.45, 7) is 0. The summed E-state index contributed by atoms with van der Waals surface area (Å²) in [5.74, 6) is -4.94.